The number of halogens is 1. The molecule has 0 aliphatic heterocycles. The Hall–Kier alpha value is -1.37. The van der Waals surface area contributed by atoms with Crippen molar-refractivity contribution < 1.29 is 4.39 Å². The molecule has 2 atom stereocenters. The normalized spacial score (nSPS) is 27.1. The lowest BCUT2D eigenvalue weighted by Gasteiger charge is -2.25. The van der Waals surface area contributed by atoms with Crippen LogP contribution in [0.15, 0.2) is 12.3 Å². The monoisotopic (exact) mass is 193 g/mol. The molecule has 2 unspecified atom stereocenters. The maximum absolute atomic E-state index is 13.1. The van der Waals surface area contributed by atoms with E-state index in [0.717, 1.165) is 12.8 Å². The standard InChI is InChI=1S/C10H12FN3/c11-8-2-1-3-9(6-8)14-10(7-12)4-5-13-14/h4-5,8-9H,1-3,6H2. The van der Waals surface area contributed by atoms with Crippen molar-refractivity contribution in [2.75, 3.05) is 0 Å². The topological polar surface area (TPSA) is 41.6 Å². The predicted molar refractivity (Wildman–Crippen MR) is 49.3 cm³/mol. The number of nitriles is 1. The highest BCUT2D eigenvalue weighted by atomic mass is 19.1. The van der Waals surface area contributed by atoms with Crippen molar-refractivity contribution in [2.45, 2.75) is 37.9 Å². The molecule has 1 aliphatic carbocycles. The van der Waals surface area contributed by atoms with Gasteiger partial charge in [-0.1, -0.05) is 0 Å². The summed E-state index contributed by atoms with van der Waals surface area (Å²) in [5, 5.41) is 12.9. The van der Waals surface area contributed by atoms with Gasteiger partial charge in [0.25, 0.3) is 0 Å². The fourth-order valence-electron chi connectivity index (χ4n) is 2.02. The van der Waals surface area contributed by atoms with Gasteiger partial charge in [0, 0.05) is 6.42 Å². The van der Waals surface area contributed by atoms with E-state index in [0.29, 0.717) is 18.5 Å². The van der Waals surface area contributed by atoms with Crippen LogP contribution < -0.4 is 0 Å². The summed E-state index contributed by atoms with van der Waals surface area (Å²) in [5.74, 6) is 0. The van der Waals surface area contributed by atoms with Crippen molar-refractivity contribution in [1.29, 1.82) is 5.26 Å². The first kappa shape index (κ1) is 9.20. The van der Waals surface area contributed by atoms with Crippen LogP contribution >= 0.6 is 0 Å². The molecule has 1 aromatic rings. The molecule has 0 N–H and O–H groups in total. The third-order valence-electron chi connectivity index (χ3n) is 2.71. The smallest absolute Gasteiger partial charge is 0.138 e. The van der Waals surface area contributed by atoms with Crippen molar-refractivity contribution >= 4 is 0 Å². The zero-order chi connectivity index (χ0) is 9.97. The molecule has 1 heterocycles. The Labute approximate surface area is 82.1 Å². The molecule has 1 aliphatic rings. The van der Waals surface area contributed by atoms with Gasteiger partial charge in [-0.15, -0.1) is 0 Å². The second-order valence-electron chi connectivity index (χ2n) is 3.69. The number of nitrogens with zero attached hydrogens (tertiary/aromatic N) is 3. The summed E-state index contributed by atoms with van der Waals surface area (Å²) in [6.45, 7) is 0. The molecular weight excluding hydrogens is 181 g/mol. The van der Waals surface area contributed by atoms with E-state index < -0.39 is 6.17 Å². The molecule has 2 rings (SSSR count). The van der Waals surface area contributed by atoms with Crippen LogP contribution in [0, 0.1) is 11.3 Å². The van der Waals surface area contributed by atoms with Crippen LogP contribution in [0.4, 0.5) is 4.39 Å². The third kappa shape index (κ3) is 1.63. The average Bonchev–Trinajstić information content (AvgIpc) is 2.65. The molecule has 0 radical (unpaired) electrons. The van der Waals surface area contributed by atoms with E-state index >= 15 is 0 Å². The second-order valence-corrected chi connectivity index (χ2v) is 3.69. The summed E-state index contributed by atoms with van der Waals surface area (Å²) in [5.41, 5.74) is 0.532. The Balaban J connectivity index is 2.18. The molecular formula is C10H12FN3. The summed E-state index contributed by atoms with van der Waals surface area (Å²) in [6.07, 6.45) is 3.83. The Kier molecular flexibility index (Phi) is 2.49. The van der Waals surface area contributed by atoms with Gasteiger partial charge in [-0.3, -0.25) is 4.68 Å². The van der Waals surface area contributed by atoms with E-state index in [1.807, 2.05) is 0 Å². The second kappa shape index (κ2) is 3.79. The van der Waals surface area contributed by atoms with E-state index in [2.05, 4.69) is 11.2 Å². The van der Waals surface area contributed by atoms with Gasteiger partial charge in [0.1, 0.15) is 17.9 Å². The van der Waals surface area contributed by atoms with E-state index in [1.165, 1.54) is 0 Å². The first-order valence-electron chi connectivity index (χ1n) is 4.89. The molecule has 1 aromatic heterocycles. The number of hydrogen-bond donors (Lipinski definition) is 0. The largest absolute Gasteiger partial charge is 0.252 e. The van der Waals surface area contributed by atoms with Crippen molar-refractivity contribution in [2.24, 2.45) is 0 Å². The van der Waals surface area contributed by atoms with Gasteiger partial charge in [-0.2, -0.15) is 10.4 Å². The van der Waals surface area contributed by atoms with Gasteiger partial charge < -0.3 is 0 Å². The van der Waals surface area contributed by atoms with Crippen molar-refractivity contribution in [3.63, 3.8) is 0 Å². The van der Waals surface area contributed by atoms with Gasteiger partial charge in [0.15, 0.2) is 0 Å². The molecule has 0 aromatic carbocycles. The SMILES string of the molecule is N#Cc1ccnn1C1CCCC(F)C1. The zero-order valence-electron chi connectivity index (χ0n) is 7.86. The van der Waals surface area contributed by atoms with Crippen molar-refractivity contribution in [1.82, 2.24) is 9.78 Å². The molecule has 0 saturated heterocycles. The van der Waals surface area contributed by atoms with Crippen LogP contribution in [0.2, 0.25) is 0 Å². The first-order chi connectivity index (χ1) is 6.81. The summed E-state index contributed by atoms with van der Waals surface area (Å²) < 4.78 is 14.8. The van der Waals surface area contributed by atoms with E-state index in [1.54, 1.807) is 16.9 Å². The van der Waals surface area contributed by atoms with Crippen molar-refractivity contribution in [3.05, 3.63) is 18.0 Å². The molecule has 14 heavy (non-hydrogen) atoms. The highest BCUT2D eigenvalue weighted by Gasteiger charge is 2.24. The van der Waals surface area contributed by atoms with E-state index in [-0.39, 0.29) is 6.04 Å². The number of hydrogen-bond acceptors (Lipinski definition) is 2. The molecule has 1 saturated carbocycles. The maximum Gasteiger partial charge on any atom is 0.138 e. The molecule has 74 valence electrons. The molecule has 1 fully saturated rings. The van der Waals surface area contributed by atoms with Gasteiger partial charge in [0.05, 0.1) is 12.2 Å². The Bertz CT molecular complexity index is 352. The molecule has 0 spiro atoms. The van der Waals surface area contributed by atoms with Gasteiger partial charge in [0.2, 0.25) is 0 Å². The number of rotatable bonds is 1. The molecule has 3 nitrogen and oxygen atoms in total. The predicted octanol–water partition coefficient (Wildman–Crippen LogP) is 2.21. The van der Waals surface area contributed by atoms with E-state index in [4.69, 9.17) is 5.26 Å². The van der Waals surface area contributed by atoms with E-state index in [9.17, 15) is 4.39 Å². The van der Waals surface area contributed by atoms with Gasteiger partial charge >= 0.3 is 0 Å². The first-order valence-corrected chi connectivity index (χ1v) is 4.89. The molecule has 0 amide bonds. The van der Waals surface area contributed by atoms with Gasteiger partial charge in [-0.05, 0) is 25.3 Å². The molecule has 0 bridgehead atoms. The minimum atomic E-state index is -0.732. The minimum absolute atomic E-state index is 0.0726. The third-order valence-corrected chi connectivity index (χ3v) is 2.71. The zero-order valence-corrected chi connectivity index (χ0v) is 7.86. The van der Waals surface area contributed by atoms with Crippen LogP contribution in [0.3, 0.4) is 0 Å². The quantitative estimate of drug-likeness (QED) is 0.686. The molecule has 4 heteroatoms. The van der Waals surface area contributed by atoms with Crippen molar-refractivity contribution in [3.8, 4) is 6.07 Å². The van der Waals surface area contributed by atoms with Crippen LogP contribution in [-0.2, 0) is 0 Å². The summed E-state index contributed by atoms with van der Waals surface area (Å²) in [6, 6.07) is 3.81. The Morgan fingerprint density at radius 3 is 3.14 bits per heavy atom. The van der Waals surface area contributed by atoms with Gasteiger partial charge in [-0.25, -0.2) is 4.39 Å². The lowest BCUT2D eigenvalue weighted by Crippen LogP contribution is -2.21. The number of alkyl halides is 1. The average molecular weight is 193 g/mol. The maximum atomic E-state index is 13.1. The Morgan fingerprint density at radius 2 is 2.43 bits per heavy atom. The number of aromatic nitrogens is 2. The lowest BCUT2D eigenvalue weighted by atomic mass is 9.94. The summed E-state index contributed by atoms with van der Waals surface area (Å²) in [4.78, 5) is 0. The van der Waals surface area contributed by atoms with Crippen LogP contribution in [0.1, 0.15) is 37.4 Å². The van der Waals surface area contributed by atoms with Crippen LogP contribution in [0.5, 0.6) is 0 Å². The van der Waals surface area contributed by atoms with Crippen LogP contribution in [0.25, 0.3) is 0 Å². The fraction of sp³-hybridized carbons (Fsp3) is 0.600. The fourth-order valence-corrected chi connectivity index (χ4v) is 2.02. The highest BCUT2D eigenvalue weighted by Crippen LogP contribution is 2.30. The van der Waals surface area contributed by atoms with Crippen LogP contribution in [-0.4, -0.2) is 16.0 Å². The highest BCUT2D eigenvalue weighted by molar-refractivity contribution is 5.19. The lowest BCUT2D eigenvalue weighted by molar-refractivity contribution is 0.192. The minimum Gasteiger partial charge on any atom is -0.252 e. The summed E-state index contributed by atoms with van der Waals surface area (Å²) >= 11 is 0. The Morgan fingerprint density at radius 1 is 1.57 bits per heavy atom. The summed E-state index contributed by atoms with van der Waals surface area (Å²) in [7, 11) is 0.